The lowest BCUT2D eigenvalue weighted by molar-refractivity contribution is -0.145. The molecule has 0 bridgehead atoms. The number of hydrogen-bond donors (Lipinski definition) is 5. The minimum Gasteiger partial charge on any atom is -0.466 e. The SMILES string of the molecule is CC.CC/C=C\C1C[C@@H]1C(=O)OCC.CCCC.NCC(=O)N1CCC[C@H]1C(N)=O.O=C(O)N1Cc2cccc(F)c2C1.OB(O)c1cc(F)cc(C(F)(F)F)c1. The molecule has 2 fully saturated rings. The summed E-state index contributed by atoms with van der Waals surface area (Å²) in [7, 11) is -2.12. The fourth-order valence-electron chi connectivity index (χ4n) is 5.18. The van der Waals surface area contributed by atoms with Crippen molar-refractivity contribution in [3.8, 4) is 0 Å². The maximum atomic E-state index is 13.1. The molecule has 3 amide bonds. The average Bonchev–Trinajstić information content (AvgIpc) is 3.53. The van der Waals surface area contributed by atoms with Crippen LogP contribution in [0.2, 0.25) is 0 Å². The number of nitrogens with zero attached hydrogens (tertiary/aromatic N) is 2. The van der Waals surface area contributed by atoms with Gasteiger partial charge in [0, 0.05) is 18.7 Å². The Labute approximate surface area is 332 Å². The third kappa shape index (κ3) is 19.0. The normalized spacial score (nSPS) is 17.3. The van der Waals surface area contributed by atoms with Crippen LogP contribution in [0.3, 0.4) is 0 Å². The topological polar surface area (TPSA) is 197 Å². The summed E-state index contributed by atoms with van der Waals surface area (Å²) in [6, 6.07) is 5.66. The first kappa shape index (κ1) is 52.5. The van der Waals surface area contributed by atoms with Crippen molar-refractivity contribution in [2.24, 2.45) is 23.3 Å². The van der Waals surface area contributed by atoms with Gasteiger partial charge >= 0.3 is 25.4 Å². The molecular formula is C39H58BF5N4O8. The third-order valence-electron chi connectivity index (χ3n) is 8.37. The van der Waals surface area contributed by atoms with Gasteiger partial charge in [-0.25, -0.2) is 13.6 Å². The van der Waals surface area contributed by atoms with Gasteiger partial charge in [-0.3, -0.25) is 19.3 Å². The van der Waals surface area contributed by atoms with Gasteiger partial charge in [-0.2, -0.15) is 13.2 Å². The monoisotopic (exact) mass is 816 g/mol. The minimum atomic E-state index is -4.70. The molecule has 1 aliphatic carbocycles. The number of allylic oxidation sites excluding steroid dienone is 2. The van der Waals surface area contributed by atoms with Crippen LogP contribution in [-0.2, 0) is 38.4 Å². The number of carbonyl (C=O) groups excluding carboxylic acids is 3. The number of halogens is 5. The largest absolute Gasteiger partial charge is 0.488 e. The number of unbranched alkanes of at least 4 members (excludes halogenated alkanes) is 1. The van der Waals surface area contributed by atoms with Crippen molar-refractivity contribution >= 4 is 36.5 Å². The fourth-order valence-corrected chi connectivity index (χ4v) is 5.18. The molecule has 2 aliphatic heterocycles. The molecule has 12 nitrogen and oxygen atoms in total. The van der Waals surface area contributed by atoms with E-state index in [1.165, 1.54) is 28.7 Å². The number of amides is 3. The lowest BCUT2D eigenvalue weighted by atomic mass is 9.79. The summed E-state index contributed by atoms with van der Waals surface area (Å²) >= 11 is 0. The number of ether oxygens (including phenoxy) is 1. The average molecular weight is 817 g/mol. The third-order valence-corrected chi connectivity index (χ3v) is 8.37. The Morgan fingerprint density at radius 1 is 1.00 bits per heavy atom. The van der Waals surface area contributed by atoms with Gasteiger partial charge in [-0.15, -0.1) is 0 Å². The van der Waals surface area contributed by atoms with Crippen LogP contribution in [0.5, 0.6) is 0 Å². The number of alkyl halides is 3. The van der Waals surface area contributed by atoms with E-state index in [-0.39, 0.29) is 42.8 Å². The molecule has 18 heteroatoms. The first-order valence-electron chi connectivity index (χ1n) is 19.0. The molecule has 1 saturated carbocycles. The molecule has 2 heterocycles. The molecule has 57 heavy (non-hydrogen) atoms. The molecule has 0 aromatic heterocycles. The van der Waals surface area contributed by atoms with Gasteiger partial charge in [0.25, 0.3) is 0 Å². The maximum absolute atomic E-state index is 13.1. The summed E-state index contributed by atoms with van der Waals surface area (Å²) in [4.78, 5) is 46.3. The van der Waals surface area contributed by atoms with Crippen LogP contribution in [0.1, 0.15) is 96.8 Å². The van der Waals surface area contributed by atoms with Crippen molar-refractivity contribution in [3.63, 3.8) is 0 Å². The molecule has 7 N–H and O–H groups in total. The number of benzene rings is 2. The van der Waals surface area contributed by atoms with E-state index in [0.717, 1.165) is 24.8 Å². The van der Waals surface area contributed by atoms with Crippen LogP contribution >= 0.6 is 0 Å². The molecule has 3 atom stereocenters. The molecule has 320 valence electrons. The number of nitrogens with two attached hydrogens (primary N) is 2. The molecule has 2 aromatic carbocycles. The van der Waals surface area contributed by atoms with E-state index in [4.69, 9.17) is 31.4 Å². The number of rotatable bonds is 8. The standard InChI is InChI=1S/C10H16O2.C9H8FNO2.C7H5BF4O2.C7H13N3O2.C4H10.C2H6/c1-3-5-6-8-7-9(8)10(11)12-4-2;10-8-3-1-2-6-4-11(9(12)13)5-7(6)8;9-6-2-4(7(10,11)12)1-5(3-6)8(13)14;8-4-6(11)10-3-1-2-5(10)7(9)12;1-3-4-2;1-2/h5-6,8-9H,3-4,7H2,1-2H3;1-3H,4-5H2,(H,12,13);1-3,13-14H;5H,1-4,8H2,(H2,9,12);3-4H2,1-2H3;1-2H3/b6-5-;;;;;/t8?,9-;;;5-;;/m0..0../s1. The highest BCUT2D eigenvalue weighted by Gasteiger charge is 2.42. The quantitative estimate of drug-likeness (QED) is 0.0954. The van der Waals surface area contributed by atoms with Crippen LogP contribution in [0.4, 0.5) is 26.7 Å². The number of carboxylic acid groups (broad SMARTS) is 1. The van der Waals surface area contributed by atoms with Crippen molar-refractivity contribution in [3.05, 3.63) is 76.9 Å². The van der Waals surface area contributed by atoms with E-state index < -0.39 is 48.2 Å². The second-order valence-corrected chi connectivity index (χ2v) is 12.6. The highest BCUT2D eigenvalue weighted by Crippen LogP contribution is 2.40. The highest BCUT2D eigenvalue weighted by atomic mass is 19.4. The summed E-state index contributed by atoms with van der Waals surface area (Å²) in [6.45, 7) is 13.8. The van der Waals surface area contributed by atoms with Gasteiger partial charge in [-0.05, 0) is 67.8 Å². The Morgan fingerprint density at radius 2 is 1.63 bits per heavy atom. The lowest BCUT2D eigenvalue weighted by Gasteiger charge is -2.20. The van der Waals surface area contributed by atoms with Gasteiger partial charge in [-0.1, -0.05) is 77.8 Å². The highest BCUT2D eigenvalue weighted by molar-refractivity contribution is 6.58. The molecule has 1 unspecified atom stereocenters. The fraction of sp³-hybridized carbons (Fsp3) is 0.538. The number of hydrogen-bond acceptors (Lipinski definition) is 8. The predicted molar refractivity (Wildman–Crippen MR) is 207 cm³/mol. The lowest BCUT2D eigenvalue weighted by Crippen LogP contribution is -2.45. The first-order valence-corrected chi connectivity index (χ1v) is 19.0. The van der Waals surface area contributed by atoms with Gasteiger partial charge in [0.2, 0.25) is 11.8 Å². The zero-order valence-electron chi connectivity index (χ0n) is 33.5. The summed E-state index contributed by atoms with van der Waals surface area (Å²) < 4.78 is 66.9. The molecule has 1 saturated heterocycles. The van der Waals surface area contributed by atoms with E-state index in [2.05, 4.69) is 32.9 Å². The molecule has 0 spiro atoms. The van der Waals surface area contributed by atoms with Crippen LogP contribution in [0, 0.1) is 23.5 Å². The van der Waals surface area contributed by atoms with Crippen molar-refractivity contribution < 1.29 is 61.0 Å². The summed E-state index contributed by atoms with van der Waals surface area (Å²) in [6.07, 6.45) is 4.70. The molecule has 0 radical (unpaired) electrons. The number of carbonyl (C=O) groups is 4. The first-order chi connectivity index (χ1) is 26.9. The Balaban J connectivity index is 0.000000701. The number of likely N-dealkylation sites (tertiary alicyclic amines) is 1. The van der Waals surface area contributed by atoms with Gasteiger partial charge in [0.1, 0.15) is 17.7 Å². The predicted octanol–water partition coefficient (Wildman–Crippen LogP) is 5.75. The van der Waals surface area contributed by atoms with Crippen molar-refractivity contribution in [1.82, 2.24) is 9.80 Å². The van der Waals surface area contributed by atoms with Crippen molar-refractivity contribution in [1.29, 1.82) is 0 Å². The van der Waals surface area contributed by atoms with E-state index >= 15 is 0 Å². The molecule has 2 aromatic rings. The van der Waals surface area contributed by atoms with Crippen molar-refractivity contribution in [2.75, 3.05) is 19.7 Å². The van der Waals surface area contributed by atoms with Crippen molar-refractivity contribution in [2.45, 2.75) is 105 Å². The number of esters is 1. The van der Waals surface area contributed by atoms with Crippen LogP contribution in [0.25, 0.3) is 0 Å². The van der Waals surface area contributed by atoms with Crippen LogP contribution in [0.15, 0.2) is 48.6 Å². The minimum absolute atomic E-state index is 0.0248. The Hall–Kier alpha value is -4.55. The second kappa shape index (κ2) is 27.2. The van der Waals surface area contributed by atoms with E-state index in [1.807, 2.05) is 20.8 Å². The molecule has 5 rings (SSSR count). The zero-order valence-corrected chi connectivity index (χ0v) is 33.5. The summed E-state index contributed by atoms with van der Waals surface area (Å²) in [5.74, 6) is -1.52. The zero-order chi connectivity index (χ0) is 43.9. The Kier molecular flexibility index (Phi) is 25.0. The second-order valence-electron chi connectivity index (χ2n) is 12.6. The smallest absolute Gasteiger partial charge is 0.466 e. The summed E-state index contributed by atoms with van der Waals surface area (Å²) in [5, 5.41) is 25.8. The maximum Gasteiger partial charge on any atom is 0.488 e. The Bertz CT molecular complexity index is 1580. The van der Waals surface area contributed by atoms with Gasteiger partial charge < -0.3 is 36.3 Å². The molecular weight excluding hydrogens is 758 g/mol. The van der Waals surface area contributed by atoms with Gasteiger partial charge in [0.05, 0.1) is 31.2 Å². The number of fused-ring (bicyclic) bond motifs is 1. The van der Waals surface area contributed by atoms with E-state index in [0.29, 0.717) is 49.7 Å². The van der Waals surface area contributed by atoms with Crippen LogP contribution < -0.4 is 16.9 Å². The summed E-state index contributed by atoms with van der Waals surface area (Å²) in [5.41, 5.74) is 9.77. The van der Waals surface area contributed by atoms with E-state index in [1.54, 1.807) is 12.1 Å². The Morgan fingerprint density at radius 3 is 2.11 bits per heavy atom. The number of primary amides is 1. The van der Waals surface area contributed by atoms with Crippen LogP contribution in [-0.4, -0.2) is 81.7 Å². The van der Waals surface area contributed by atoms with Gasteiger partial charge in [0.15, 0.2) is 0 Å². The molecule has 3 aliphatic rings. The van der Waals surface area contributed by atoms with E-state index in [9.17, 15) is 41.1 Å².